The van der Waals surface area contributed by atoms with Crippen LogP contribution in [-0.2, 0) is 10.0 Å². The zero-order valence-electron chi connectivity index (χ0n) is 7.93. The van der Waals surface area contributed by atoms with Crippen LogP contribution in [0.25, 0.3) is 0 Å². The number of nitrogens with zero attached hydrogens (tertiary/aromatic N) is 1. The summed E-state index contributed by atoms with van der Waals surface area (Å²) in [5, 5.41) is 7.87. The first kappa shape index (κ1) is 11.3. The fourth-order valence-electron chi connectivity index (χ4n) is 1.58. The van der Waals surface area contributed by atoms with E-state index in [-0.39, 0.29) is 0 Å². The molecule has 1 aliphatic rings. The van der Waals surface area contributed by atoms with Crippen LogP contribution in [0.5, 0.6) is 0 Å². The van der Waals surface area contributed by atoms with E-state index in [1.165, 1.54) is 7.05 Å². The van der Waals surface area contributed by atoms with E-state index in [0.29, 0.717) is 13.0 Å². The van der Waals surface area contributed by atoms with Gasteiger partial charge in [0.1, 0.15) is 0 Å². The normalized spacial score (nSPS) is 23.5. The molecule has 1 saturated heterocycles. The molecular formula is C7H14N2O4S. The molecule has 0 aromatic heterocycles. The van der Waals surface area contributed by atoms with E-state index < -0.39 is 21.5 Å². The van der Waals surface area contributed by atoms with Gasteiger partial charge in [0.25, 0.3) is 0 Å². The highest BCUT2D eigenvalue weighted by Gasteiger charge is 2.35. The predicted molar refractivity (Wildman–Crippen MR) is 50.3 cm³/mol. The van der Waals surface area contributed by atoms with Gasteiger partial charge in [-0.05, 0) is 26.3 Å². The van der Waals surface area contributed by atoms with Crippen LogP contribution in [0.2, 0.25) is 0 Å². The number of hydrogen-bond acceptors (Lipinski definition) is 3. The SMILES string of the molecule is CNS(=O)(=O)C1CCCCN1C(=O)O. The molecule has 0 radical (unpaired) electrons. The van der Waals surface area contributed by atoms with Gasteiger partial charge in [-0.2, -0.15) is 0 Å². The average molecular weight is 222 g/mol. The van der Waals surface area contributed by atoms with E-state index in [2.05, 4.69) is 4.72 Å². The highest BCUT2D eigenvalue weighted by molar-refractivity contribution is 7.90. The Morgan fingerprint density at radius 3 is 2.64 bits per heavy atom. The fraction of sp³-hybridized carbons (Fsp3) is 0.857. The lowest BCUT2D eigenvalue weighted by Gasteiger charge is -2.32. The van der Waals surface area contributed by atoms with Crippen LogP contribution in [0.15, 0.2) is 0 Å². The summed E-state index contributed by atoms with van der Waals surface area (Å²) >= 11 is 0. The highest BCUT2D eigenvalue weighted by atomic mass is 32.2. The Morgan fingerprint density at radius 2 is 2.14 bits per heavy atom. The van der Waals surface area contributed by atoms with Crippen molar-refractivity contribution in [2.75, 3.05) is 13.6 Å². The first-order valence-corrected chi connectivity index (χ1v) is 5.95. The molecule has 1 aliphatic heterocycles. The molecule has 0 aliphatic carbocycles. The lowest BCUT2D eigenvalue weighted by molar-refractivity contribution is 0.126. The van der Waals surface area contributed by atoms with Gasteiger partial charge in [0.05, 0.1) is 0 Å². The number of nitrogens with one attached hydrogen (secondary N) is 1. The first-order valence-electron chi connectivity index (χ1n) is 4.41. The summed E-state index contributed by atoms with van der Waals surface area (Å²) in [6.45, 7) is 0.293. The van der Waals surface area contributed by atoms with Crippen molar-refractivity contribution in [2.45, 2.75) is 24.6 Å². The van der Waals surface area contributed by atoms with Crippen molar-refractivity contribution >= 4 is 16.1 Å². The molecular weight excluding hydrogens is 208 g/mol. The first-order chi connectivity index (χ1) is 6.49. The minimum Gasteiger partial charge on any atom is -0.465 e. The van der Waals surface area contributed by atoms with Gasteiger partial charge in [-0.25, -0.2) is 17.9 Å². The topological polar surface area (TPSA) is 86.7 Å². The van der Waals surface area contributed by atoms with Crippen molar-refractivity contribution < 1.29 is 18.3 Å². The van der Waals surface area contributed by atoms with E-state index in [9.17, 15) is 13.2 Å². The lowest BCUT2D eigenvalue weighted by atomic mass is 10.1. The number of rotatable bonds is 2. The van der Waals surface area contributed by atoms with Gasteiger partial charge in [0, 0.05) is 6.54 Å². The number of likely N-dealkylation sites (tertiary alicyclic amines) is 1. The van der Waals surface area contributed by atoms with Crippen molar-refractivity contribution in [1.29, 1.82) is 0 Å². The summed E-state index contributed by atoms with van der Waals surface area (Å²) in [5.74, 6) is 0. The lowest BCUT2D eigenvalue weighted by Crippen LogP contribution is -2.50. The van der Waals surface area contributed by atoms with Gasteiger partial charge in [0.2, 0.25) is 10.0 Å². The van der Waals surface area contributed by atoms with E-state index in [0.717, 1.165) is 17.7 Å². The fourth-order valence-corrected chi connectivity index (χ4v) is 2.86. The second-order valence-corrected chi connectivity index (χ2v) is 5.22. The Balaban J connectivity index is 2.88. The summed E-state index contributed by atoms with van der Waals surface area (Å²) in [6.07, 6.45) is 0.667. The molecule has 2 N–H and O–H groups in total. The molecule has 14 heavy (non-hydrogen) atoms. The smallest absolute Gasteiger partial charge is 0.408 e. The van der Waals surface area contributed by atoms with Crippen LogP contribution in [0.1, 0.15) is 19.3 Å². The van der Waals surface area contributed by atoms with E-state index >= 15 is 0 Å². The second-order valence-electron chi connectivity index (χ2n) is 3.18. The maximum Gasteiger partial charge on any atom is 0.408 e. The molecule has 1 rings (SSSR count). The van der Waals surface area contributed by atoms with E-state index in [4.69, 9.17) is 5.11 Å². The minimum absolute atomic E-state index is 0.293. The quantitative estimate of drug-likeness (QED) is 0.690. The number of piperidine rings is 1. The van der Waals surface area contributed by atoms with Crippen molar-refractivity contribution in [2.24, 2.45) is 0 Å². The van der Waals surface area contributed by atoms with Crippen LogP contribution in [0.3, 0.4) is 0 Å². The third-order valence-electron chi connectivity index (χ3n) is 2.34. The van der Waals surface area contributed by atoms with Crippen LogP contribution in [-0.4, -0.2) is 43.5 Å². The van der Waals surface area contributed by atoms with E-state index in [1.807, 2.05) is 0 Å². The van der Waals surface area contributed by atoms with E-state index in [1.54, 1.807) is 0 Å². The van der Waals surface area contributed by atoms with Gasteiger partial charge in [-0.15, -0.1) is 0 Å². The number of sulfonamides is 1. The molecule has 0 bridgehead atoms. The summed E-state index contributed by atoms with van der Waals surface area (Å²) in [6, 6.07) is 0. The summed E-state index contributed by atoms with van der Waals surface area (Å²) < 4.78 is 25.1. The van der Waals surface area contributed by atoms with Gasteiger partial charge < -0.3 is 5.11 Å². The molecule has 6 nitrogen and oxygen atoms in total. The number of amides is 1. The molecule has 1 fully saturated rings. The van der Waals surface area contributed by atoms with Gasteiger partial charge in [0.15, 0.2) is 5.37 Å². The monoisotopic (exact) mass is 222 g/mol. The van der Waals surface area contributed by atoms with Crippen molar-refractivity contribution in [1.82, 2.24) is 9.62 Å². The summed E-state index contributed by atoms with van der Waals surface area (Å²) in [4.78, 5) is 11.7. The van der Waals surface area contributed by atoms with Crippen molar-refractivity contribution in [3.05, 3.63) is 0 Å². The molecule has 0 aromatic carbocycles. The minimum atomic E-state index is -3.52. The van der Waals surface area contributed by atoms with Crippen molar-refractivity contribution in [3.63, 3.8) is 0 Å². The number of hydrogen-bond donors (Lipinski definition) is 2. The average Bonchev–Trinajstić information content (AvgIpc) is 2.18. The third kappa shape index (κ3) is 2.16. The van der Waals surface area contributed by atoms with Gasteiger partial charge in [-0.1, -0.05) is 0 Å². The van der Waals surface area contributed by atoms with Gasteiger partial charge >= 0.3 is 6.09 Å². The Kier molecular flexibility index (Phi) is 3.33. The summed E-state index contributed by atoms with van der Waals surface area (Å²) in [5.41, 5.74) is 0. The molecule has 82 valence electrons. The van der Waals surface area contributed by atoms with Crippen molar-refractivity contribution in [3.8, 4) is 0 Å². The zero-order chi connectivity index (χ0) is 10.8. The molecule has 0 spiro atoms. The predicted octanol–water partition coefficient (Wildman–Crippen LogP) is 0.0256. The molecule has 1 unspecified atom stereocenters. The molecule has 0 aromatic rings. The maximum absolute atomic E-state index is 11.5. The Hall–Kier alpha value is -0.820. The molecule has 7 heteroatoms. The Morgan fingerprint density at radius 1 is 1.50 bits per heavy atom. The molecule has 1 atom stereocenters. The largest absolute Gasteiger partial charge is 0.465 e. The number of carboxylic acid groups (broad SMARTS) is 1. The second kappa shape index (κ2) is 4.14. The Labute approximate surface area is 82.9 Å². The number of carbonyl (C=O) groups is 1. The van der Waals surface area contributed by atoms with Crippen LogP contribution in [0, 0.1) is 0 Å². The third-order valence-corrected chi connectivity index (χ3v) is 4.11. The van der Waals surface area contributed by atoms with Crippen LogP contribution < -0.4 is 4.72 Å². The highest BCUT2D eigenvalue weighted by Crippen LogP contribution is 2.20. The standard InChI is InChI=1S/C7H14N2O4S/c1-8-14(12,13)6-4-2-3-5-9(6)7(10)11/h6,8H,2-5H2,1H3,(H,10,11). The van der Waals surface area contributed by atoms with Crippen LogP contribution >= 0.6 is 0 Å². The Bertz CT molecular complexity index is 314. The van der Waals surface area contributed by atoms with Crippen LogP contribution in [0.4, 0.5) is 4.79 Å². The molecule has 0 saturated carbocycles. The summed E-state index contributed by atoms with van der Waals surface area (Å²) in [7, 11) is -2.22. The molecule has 1 amide bonds. The van der Waals surface area contributed by atoms with Gasteiger partial charge in [-0.3, -0.25) is 4.90 Å². The maximum atomic E-state index is 11.5. The molecule has 1 heterocycles. The zero-order valence-corrected chi connectivity index (χ0v) is 8.75.